The molecule has 1 aromatic rings. The highest BCUT2D eigenvalue weighted by atomic mass is 19.1. The van der Waals surface area contributed by atoms with E-state index in [2.05, 4.69) is 0 Å². The van der Waals surface area contributed by atoms with Crippen LogP contribution in [0.5, 0.6) is 11.5 Å². The minimum atomic E-state index is -1.61. The van der Waals surface area contributed by atoms with E-state index in [-0.39, 0.29) is 0 Å². The normalized spacial score (nSPS) is 8.56. The minimum Gasteiger partial charge on any atom is -0.493 e. The summed E-state index contributed by atoms with van der Waals surface area (Å²) in [5.74, 6) is 0.947. The van der Waals surface area contributed by atoms with E-state index in [4.69, 9.17) is 9.47 Å². The lowest BCUT2D eigenvalue weighted by Crippen LogP contribution is -2.02. The number of carbonyl (C=O) groups excluding carboxylic acids is 1. The predicted octanol–water partition coefficient (Wildman–Crippen LogP) is 3.23. The van der Waals surface area contributed by atoms with Crippen molar-refractivity contribution in [2.24, 2.45) is 0 Å². The van der Waals surface area contributed by atoms with Gasteiger partial charge < -0.3 is 9.47 Å². The Kier molecular flexibility index (Phi) is 6.67. The number of amides is 1. The second-order valence-electron chi connectivity index (χ2n) is 2.47. The Morgan fingerprint density at radius 1 is 1.19 bits per heavy atom. The number of halogens is 1. The standard InChI is InChI=1S/C9H10FNO3.C2H6/c1-13-7-4-3-6(11-9(10)12)5-8(7)14-2;1-2/h3-5H,1-2H3,(H,11,12);1-2H3. The number of ether oxygens (including phenoxy) is 2. The number of benzene rings is 1. The largest absolute Gasteiger partial charge is 0.493 e. The van der Waals surface area contributed by atoms with Crippen LogP contribution in [0, 0.1) is 0 Å². The number of rotatable bonds is 3. The van der Waals surface area contributed by atoms with Crippen molar-refractivity contribution in [3.05, 3.63) is 18.2 Å². The van der Waals surface area contributed by atoms with Crippen LogP contribution in [0.25, 0.3) is 0 Å². The molecule has 0 fully saturated rings. The molecule has 0 aliphatic carbocycles. The van der Waals surface area contributed by atoms with Gasteiger partial charge >= 0.3 is 6.16 Å². The van der Waals surface area contributed by atoms with Crippen molar-refractivity contribution in [1.29, 1.82) is 0 Å². The van der Waals surface area contributed by atoms with Crippen molar-refractivity contribution in [1.82, 2.24) is 0 Å². The fourth-order valence-electron chi connectivity index (χ4n) is 1.03. The highest BCUT2D eigenvalue weighted by Gasteiger charge is 2.05. The van der Waals surface area contributed by atoms with Gasteiger partial charge in [0.1, 0.15) is 0 Å². The van der Waals surface area contributed by atoms with E-state index >= 15 is 0 Å². The van der Waals surface area contributed by atoms with Gasteiger partial charge in [0.2, 0.25) is 0 Å². The van der Waals surface area contributed by atoms with E-state index in [0.717, 1.165) is 0 Å². The van der Waals surface area contributed by atoms with Gasteiger partial charge in [-0.1, -0.05) is 13.8 Å². The highest BCUT2D eigenvalue weighted by Crippen LogP contribution is 2.29. The molecule has 0 saturated carbocycles. The molecule has 16 heavy (non-hydrogen) atoms. The predicted molar refractivity (Wildman–Crippen MR) is 61.0 cm³/mol. The van der Waals surface area contributed by atoms with E-state index in [1.165, 1.54) is 26.4 Å². The monoisotopic (exact) mass is 229 g/mol. The smallest absolute Gasteiger partial charge is 0.401 e. The second kappa shape index (κ2) is 7.50. The number of methoxy groups -OCH3 is 2. The Hall–Kier alpha value is -1.78. The molecule has 4 nitrogen and oxygen atoms in total. The highest BCUT2D eigenvalue weighted by molar-refractivity contribution is 5.84. The van der Waals surface area contributed by atoms with Crippen LogP contribution in [-0.4, -0.2) is 20.4 Å². The molecule has 0 unspecified atom stereocenters. The Morgan fingerprint density at radius 2 is 1.75 bits per heavy atom. The summed E-state index contributed by atoms with van der Waals surface area (Å²) in [6.45, 7) is 4.00. The molecule has 0 heterocycles. The number of anilines is 1. The first-order valence-electron chi connectivity index (χ1n) is 4.86. The lowest BCUT2D eigenvalue weighted by molar-refractivity contribution is 0.235. The van der Waals surface area contributed by atoms with Gasteiger partial charge in [-0.2, -0.15) is 0 Å². The van der Waals surface area contributed by atoms with Crippen LogP contribution in [0.2, 0.25) is 0 Å². The van der Waals surface area contributed by atoms with E-state index in [9.17, 15) is 9.18 Å². The number of hydrogen-bond acceptors (Lipinski definition) is 3. The maximum atomic E-state index is 12.0. The zero-order valence-electron chi connectivity index (χ0n) is 9.83. The van der Waals surface area contributed by atoms with Gasteiger partial charge in [-0.25, -0.2) is 4.79 Å². The Morgan fingerprint density at radius 3 is 2.19 bits per heavy atom. The molecule has 0 aromatic heterocycles. The maximum absolute atomic E-state index is 12.0. The van der Waals surface area contributed by atoms with E-state index in [1.807, 2.05) is 19.2 Å². The van der Waals surface area contributed by atoms with E-state index in [0.29, 0.717) is 17.2 Å². The third-order valence-electron chi connectivity index (χ3n) is 1.63. The Labute approximate surface area is 94.4 Å². The molecule has 0 radical (unpaired) electrons. The first-order valence-corrected chi connectivity index (χ1v) is 4.86. The summed E-state index contributed by atoms with van der Waals surface area (Å²) in [5, 5.41) is 1.99. The fourth-order valence-corrected chi connectivity index (χ4v) is 1.03. The third-order valence-corrected chi connectivity index (χ3v) is 1.63. The lowest BCUT2D eigenvalue weighted by atomic mass is 10.3. The molecule has 1 rings (SSSR count). The molecule has 0 aliphatic rings. The summed E-state index contributed by atoms with van der Waals surface area (Å²) in [6.07, 6.45) is -1.61. The quantitative estimate of drug-likeness (QED) is 0.639. The molecule has 1 amide bonds. The number of nitrogens with one attached hydrogen (secondary N) is 1. The summed E-state index contributed by atoms with van der Waals surface area (Å²) in [7, 11) is 2.95. The summed E-state index contributed by atoms with van der Waals surface area (Å²) < 4.78 is 21.9. The molecule has 0 atom stereocenters. The van der Waals surface area contributed by atoms with Crippen LogP contribution < -0.4 is 14.8 Å². The maximum Gasteiger partial charge on any atom is 0.401 e. The lowest BCUT2D eigenvalue weighted by Gasteiger charge is -2.08. The van der Waals surface area contributed by atoms with Crippen molar-refractivity contribution < 1.29 is 18.7 Å². The Bertz CT molecular complexity index is 342. The number of carbonyl (C=O) groups is 1. The molecule has 5 heteroatoms. The first-order chi connectivity index (χ1) is 7.67. The molecule has 0 bridgehead atoms. The zero-order chi connectivity index (χ0) is 12.6. The topological polar surface area (TPSA) is 47.6 Å². The van der Waals surface area contributed by atoms with Crippen LogP contribution in [0.4, 0.5) is 14.9 Å². The van der Waals surface area contributed by atoms with Crippen LogP contribution >= 0.6 is 0 Å². The second-order valence-corrected chi connectivity index (χ2v) is 2.47. The van der Waals surface area contributed by atoms with Crippen molar-refractivity contribution in [3.63, 3.8) is 0 Å². The van der Waals surface area contributed by atoms with Crippen molar-refractivity contribution >= 4 is 11.8 Å². The van der Waals surface area contributed by atoms with Gasteiger partial charge in [0.05, 0.1) is 14.2 Å². The summed E-state index contributed by atoms with van der Waals surface area (Å²) in [6, 6.07) is 4.55. The molecule has 0 saturated heterocycles. The van der Waals surface area contributed by atoms with Gasteiger partial charge in [-0.3, -0.25) is 5.32 Å². The SMILES string of the molecule is CC.COc1ccc(NC(=O)F)cc1OC. The van der Waals surface area contributed by atoms with Crippen LogP contribution in [0.1, 0.15) is 13.8 Å². The average Bonchev–Trinajstić information content (AvgIpc) is 2.30. The van der Waals surface area contributed by atoms with Crippen molar-refractivity contribution in [3.8, 4) is 11.5 Å². The van der Waals surface area contributed by atoms with Crippen LogP contribution in [0.15, 0.2) is 18.2 Å². The van der Waals surface area contributed by atoms with Crippen LogP contribution in [-0.2, 0) is 0 Å². The van der Waals surface area contributed by atoms with Crippen LogP contribution in [0.3, 0.4) is 0 Å². The molecular formula is C11H16FNO3. The summed E-state index contributed by atoms with van der Waals surface area (Å²) in [4.78, 5) is 10.1. The molecular weight excluding hydrogens is 213 g/mol. The van der Waals surface area contributed by atoms with Gasteiger partial charge in [-0.15, -0.1) is 4.39 Å². The summed E-state index contributed by atoms with van der Waals surface area (Å²) >= 11 is 0. The molecule has 90 valence electrons. The van der Waals surface area contributed by atoms with E-state index < -0.39 is 6.16 Å². The summed E-state index contributed by atoms with van der Waals surface area (Å²) in [5.41, 5.74) is 0.315. The third kappa shape index (κ3) is 4.16. The molecule has 1 aromatic carbocycles. The molecule has 0 aliphatic heterocycles. The Balaban J connectivity index is 0.00000106. The molecule has 1 N–H and O–H groups in total. The average molecular weight is 229 g/mol. The van der Waals surface area contributed by atoms with E-state index in [1.54, 1.807) is 6.07 Å². The number of hydrogen-bond donors (Lipinski definition) is 1. The van der Waals surface area contributed by atoms with Gasteiger partial charge in [0, 0.05) is 11.8 Å². The van der Waals surface area contributed by atoms with Gasteiger partial charge in [-0.05, 0) is 12.1 Å². The van der Waals surface area contributed by atoms with Crippen molar-refractivity contribution in [2.75, 3.05) is 19.5 Å². The zero-order valence-corrected chi connectivity index (χ0v) is 9.83. The minimum absolute atomic E-state index is 0.315. The molecule has 0 spiro atoms. The first kappa shape index (κ1) is 14.2. The van der Waals surface area contributed by atoms with Gasteiger partial charge in [0.15, 0.2) is 11.5 Å². The van der Waals surface area contributed by atoms with Crippen molar-refractivity contribution in [2.45, 2.75) is 13.8 Å². The fraction of sp³-hybridized carbons (Fsp3) is 0.364. The van der Waals surface area contributed by atoms with Gasteiger partial charge in [0.25, 0.3) is 0 Å².